The van der Waals surface area contributed by atoms with E-state index in [2.05, 4.69) is 30.9 Å². The number of nitrogens with zero attached hydrogens (tertiary/aromatic N) is 3. The van der Waals surface area contributed by atoms with Gasteiger partial charge in [0.05, 0.1) is 30.5 Å². The van der Waals surface area contributed by atoms with E-state index in [1.807, 2.05) is 18.2 Å². The van der Waals surface area contributed by atoms with E-state index in [4.69, 9.17) is 19.2 Å². The van der Waals surface area contributed by atoms with Gasteiger partial charge in [0.25, 0.3) is 5.91 Å². The molecule has 1 saturated heterocycles. The van der Waals surface area contributed by atoms with Gasteiger partial charge < -0.3 is 14.2 Å². The maximum Gasteiger partial charge on any atom is 0.266 e. The molecule has 0 unspecified atom stereocenters. The summed E-state index contributed by atoms with van der Waals surface area (Å²) in [5.41, 5.74) is 3.34. The van der Waals surface area contributed by atoms with Gasteiger partial charge >= 0.3 is 0 Å². The number of anilines is 1. The number of methoxy groups -OCH3 is 1. The molecule has 0 bridgehead atoms. The maximum absolute atomic E-state index is 13.2. The molecule has 0 spiro atoms. The number of carbonyl (C=O) groups is 1. The molecule has 2 aromatic carbocycles. The number of benzene rings is 2. The summed E-state index contributed by atoms with van der Waals surface area (Å²) >= 11 is 1.55. The minimum Gasteiger partial charge on any atom is -0.497 e. The second-order valence-corrected chi connectivity index (χ2v) is 8.88. The third-order valence-corrected chi connectivity index (χ3v) is 6.71. The Labute approximate surface area is 192 Å². The number of aryl methyl sites for hydroxylation is 2. The Balaban J connectivity index is 1.52. The number of hydrogen-bond acceptors (Lipinski definition) is 7. The van der Waals surface area contributed by atoms with Gasteiger partial charge in [-0.25, -0.2) is 4.98 Å². The summed E-state index contributed by atoms with van der Waals surface area (Å²) in [4.78, 5) is 22.1. The predicted molar refractivity (Wildman–Crippen MR) is 127 cm³/mol. The van der Waals surface area contributed by atoms with Crippen LogP contribution in [0.15, 0.2) is 36.4 Å². The largest absolute Gasteiger partial charge is 0.497 e. The smallest absolute Gasteiger partial charge is 0.266 e. The monoisotopic (exact) mass is 455 g/mol. The van der Waals surface area contributed by atoms with Gasteiger partial charge in [-0.3, -0.25) is 14.6 Å². The highest BCUT2D eigenvalue weighted by atomic mass is 32.1. The van der Waals surface area contributed by atoms with Gasteiger partial charge in [0, 0.05) is 32.2 Å². The van der Waals surface area contributed by atoms with Crippen LogP contribution in [-0.4, -0.2) is 68.9 Å². The van der Waals surface area contributed by atoms with Crippen LogP contribution in [0.2, 0.25) is 0 Å². The lowest BCUT2D eigenvalue weighted by molar-refractivity contribution is -0.120. The van der Waals surface area contributed by atoms with Gasteiger partial charge in [-0.15, -0.1) is 0 Å². The Morgan fingerprint density at radius 1 is 1.16 bits per heavy atom. The van der Waals surface area contributed by atoms with Crippen molar-refractivity contribution in [2.75, 3.05) is 58.0 Å². The van der Waals surface area contributed by atoms with Gasteiger partial charge in [0.1, 0.15) is 11.5 Å². The lowest BCUT2D eigenvalue weighted by atomic mass is 10.1. The molecular formula is C24H29N3O4S. The van der Waals surface area contributed by atoms with E-state index in [-0.39, 0.29) is 12.5 Å². The minimum absolute atomic E-state index is 0.0652. The van der Waals surface area contributed by atoms with E-state index in [0.29, 0.717) is 23.2 Å². The highest BCUT2D eigenvalue weighted by molar-refractivity contribution is 7.22. The van der Waals surface area contributed by atoms with E-state index < -0.39 is 0 Å². The van der Waals surface area contributed by atoms with Crippen LogP contribution >= 0.6 is 11.3 Å². The molecule has 0 saturated carbocycles. The minimum atomic E-state index is -0.117. The van der Waals surface area contributed by atoms with Crippen LogP contribution in [0.5, 0.6) is 11.5 Å². The molecule has 1 aromatic heterocycles. The third-order valence-electron chi connectivity index (χ3n) is 5.67. The van der Waals surface area contributed by atoms with E-state index in [1.165, 1.54) is 11.1 Å². The molecule has 2 heterocycles. The average Bonchev–Trinajstić information content (AvgIpc) is 3.21. The van der Waals surface area contributed by atoms with Crippen molar-refractivity contribution in [2.24, 2.45) is 0 Å². The van der Waals surface area contributed by atoms with Crippen LogP contribution in [0.1, 0.15) is 11.1 Å². The number of carbonyl (C=O) groups excluding carboxylic acids is 1. The Morgan fingerprint density at radius 2 is 1.91 bits per heavy atom. The number of thiazole rings is 1. The second kappa shape index (κ2) is 10.3. The van der Waals surface area contributed by atoms with E-state index in [9.17, 15) is 4.79 Å². The predicted octanol–water partition coefficient (Wildman–Crippen LogP) is 3.67. The van der Waals surface area contributed by atoms with Gasteiger partial charge in [-0.2, -0.15) is 0 Å². The van der Waals surface area contributed by atoms with E-state index in [1.54, 1.807) is 29.4 Å². The Kier molecular flexibility index (Phi) is 7.24. The molecule has 4 rings (SSSR count). The zero-order valence-electron chi connectivity index (χ0n) is 18.8. The van der Waals surface area contributed by atoms with Crippen LogP contribution < -0.4 is 14.4 Å². The number of amides is 1. The Bertz CT molecular complexity index is 1040. The number of rotatable bonds is 8. The van der Waals surface area contributed by atoms with Crippen molar-refractivity contribution >= 4 is 32.6 Å². The molecule has 3 aromatic rings. The first-order chi connectivity index (χ1) is 15.5. The molecule has 0 N–H and O–H groups in total. The van der Waals surface area contributed by atoms with Crippen molar-refractivity contribution in [1.29, 1.82) is 0 Å². The first kappa shape index (κ1) is 22.5. The van der Waals surface area contributed by atoms with Crippen LogP contribution in [0.3, 0.4) is 0 Å². The normalized spacial score (nSPS) is 14.5. The summed E-state index contributed by atoms with van der Waals surface area (Å²) in [6.45, 7) is 8.64. The SMILES string of the molecule is COc1cccc(OCC(=O)N(CCN2CCOCC2)c2nc3cc(C)c(C)cc3s2)c1. The van der Waals surface area contributed by atoms with Crippen molar-refractivity contribution in [3.8, 4) is 11.5 Å². The molecule has 32 heavy (non-hydrogen) atoms. The van der Waals surface area contributed by atoms with Gasteiger partial charge in [0.2, 0.25) is 0 Å². The molecule has 0 atom stereocenters. The molecular weight excluding hydrogens is 426 g/mol. The Morgan fingerprint density at radius 3 is 2.69 bits per heavy atom. The van der Waals surface area contributed by atoms with E-state index >= 15 is 0 Å². The zero-order chi connectivity index (χ0) is 22.5. The number of fused-ring (bicyclic) bond motifs is 1. The molecule has 8 heteroatoms. The molecule has 0 aliphatic carbocycles. The summed E-state index contributed by atoms with van der Waals surface area (Å²) < 4.78 is 17.6. The highest BCUT2D eigenvalue weighted by Crippen LogP contribution is 2.31. The van der Waals surface area contributed by atoms with Crippen LogP contribution in [0.4, 0.5) is 5.13 Å². The van der Waals surface area contributed by atoms with Crippen molar-refractivity contribution in [1.82, 2.24) is 9.88 Å². The molecule has 1 amide bonds. The standard InChI is InChI=1S/C24H29N3O4S/c1-17-13-21-22(14-18(17)2)32-24(25-21)27(8-7-26-9-11-30-12-10-26)23(28)16-31-20-6-4-5-19(15-20)29-3/h4-6,13-15H,7-12,16H2,1-3H3. The lowest BCUT2D eigenvalue weighted by Gasteiger charge is -2.29. The van der Waals surface area contributed by atoms with Gasteiger partial charge in [0.15, 0.2) is 11.7 Å². The van der Waals surface area contributed by atoms with Gasteiger partial charge in [-0.1, -0.05) is 17.4 Å². The summed E-state index contributed by atoms with van der Waals surface area (Å²) in [5, 5.41) is 0.706. The maximum atomic E-state index is 13.2. The van der Waals surface area contributed by atoms with Gasteiger partial charge in [-0.05, 0) is 49.2 Å². The third kappa shape index (κ3) is 5.38. The lowest BCUT2D eigenvalue weighted by Crippen LogP contribution is -2.44. The fraction of sp³-hybridized carbons (Fsp3) is 0.417. The quantitative estimate of drug-likeness (QED) is 0.517. The number of hydrogen-bond donors (Lipinski definition) is 0. The Hall–Kier alpha value is -2.68. The second-order valence-electron chi connectivity index (χ2n) is 7.87. The summed E-state index contributed by atoms with van der Waals surface area (Å²) in [6, 6.07) is 11.5. The number of morpholine rings is 1. The first-order valence-electron chi connectivity index (χ1n) is 10.8. The fourth-order valence-electron chi connectivity index (χ4n) is 3.59. The number of ether oxygens (including phenoxy) is 3. The zero-order valence-corrected chi connectivity index (χ0v) is 19.6. The van der Waals surface area contributed by atoms with Crippen molar-refractivity contribution < 1.29 is 19.0 Å². The molecule has 170 valence electrons. The van der Waals surface area contributed by atoms with Crippen molar-refractivity contribution in [3.05, 3.63) is 47.5 Å². The first-order valence-corrected chi connectivity index (χ1v) is 11.6. The molecule has 1 fully saturated rings. The number of aromatic nitrogens is 1. The summed E-state index contributed by atoms with van der Waals surface area (Å²) in [7, 11) is 1.61. The fourth-order valence-corrected chi connectivity index (χ4v) is 4.68. The molecule has 7 nitrogen and oxygen atoms in total. The van der Waals surface area contributed by atoms with E-state index in [0.717, 1.165) is 43.1 Å². The molecule has 1 aliphatic rings. The summed E-state index contributed by atoms with van der Waals surface area (Å²) in [6.07, 6.45) is 0. The molecule has 0 radical (unpaired) electrons. The topological polar surface area (TPSA) is 64.1 Å². The summed E-state index contributed by atoms with van der Waals surface area (Å²) in [5.74, 6) is 1.17. The highest BCUT2D eigenvalue weighted by Gasteiger charge is 2.22. The van der Waals surface area contributed by atoms with Crippen molar-refractivity contribution in [2.45, 2.75) is 13.8 Å². The van der Waals surface area contributed by atoms with Crippen LogP contribution in [0, 0.1) is 13.8 Å². The molecule has 1 aliphatic heterocycles. The van der Waals surface area contributed by atoms with Crippen LogP contribution in [0.25, 0.3) is 10.2 Å². The van der Waals surface area contributed by atoms with Crippen molar-refractivity contribution in [3.63, 3.8) is 0 Å². The van der Waals surface area contributed by atoms with Crippen LogP contribution in [-0.2, 0) is 9.53 Å². The average molecular weight is 456 g/mol.